The van der Waals surface area contributed by atoms with Crippen molar-refractivity contribution in [2.24, 2.45) is 0 Å². The molecule has 1 saturated heterocycles. The molecule has 1 heterocycles. The molecular weight excluding hydrogens is 433 g/mol. The summed E-state index contributed by atoms with van der Waals surface area (Å²) in [6, 6.07) is 5.81. The molecule has 1 fully saturated rings. The van der Waals surface area contributed by atoms with Crippen molar-refractivity contribution >= 4 is 50.2 Å². The second-order valence-corrected chi connectivity index (χ2v) is 7.28. The first kappa shape index (κ1) is 15.9. The van der Waals surface area contributed by atoms with E-state index in [2.05, 4.69) is 38.5 Å². The summed E-state index contributed by atoms with van der Waals surface area (Å²) in [5, 5.41) is 0. The van der Waals surface area contributed by atoms with Gasteiger partial charge in [0.2, 0.25) is 0 Å². The van der Waals surface area contributed by atoms with Crippen LogP contribution in [0.3, 0.4) is 0 Å². The Balaban J connectivity index is 2.25. The molecule has 1 amide bonds. The summed E-state index contributed by atoms with van der Waals surface area (Å²) >= 11 is 5.66. The molecule has 2 rings (SSSR count). The summed E-state index contributed by atoms with van der Waals surface area (Å²) in [4.78, 5) is 26.0. The van der Waals surface area contributed by atoms with Gasteiger partial charge in [0.05, 0.1) is 5.56 Å². The van der Waals surface area contributed by atoms with E-state index in [0.717, 1.165) is 33.9 Å². The van der Waals surface area contributed by atoms with Crippen LogP contribution in [-0.2, 0) is 4.79 Å². The third-order valence-corrected chi connectivity index (χ3v) is 4.93. The van der Waals surface area contributed by atoms with Crippen molar-refractivity contribution < 1.29 is 9.59 Å². The lowest BCUT2D eigenvalue weighted by atomic mass is 9.97. The molecule has 1 unspecified atom stereocenters. The summed E-state index contributed by atoms with van der Waals surface area (Å²) in [6.45, 7) is 2.34. The minimum Gasteiger partial charge on any atom is -0.335 e. The third-order valence-electron chi connectivity index (χ3n) is 3.57. The minimum absolute atomic E-state index is 0.0290. The lowest BCUT2D eigenvalue weighted by molar-refractivity contribution is -0.118. The first-order valence-electron chi connectivity index (χ1n) is 6.74. The Morgan fingerprint density at radius 2 is 2.15 bits per heavy atom. The quantitative estimate of drug-likeness (QED) is 0.653. The van der Waals surface area contributed by atoms with Gasteiger partial charge in [0.25, 0.3) is 5.91 Å². The summed E-state index contributed by atoms with van der Waals surface area (Å²) in [6.07, 6.45) is 3.50. The Hall–Kier alpha value is -0.430. The highest BCUT2D eigenvalue weighted by Crippen LogP contribution is 2.26. The van der Waals surface area contributed by atoms with Gasteiger partial charge in [0.15, 0.2) is 0 Å². The van der Waals surface area contributed by atoms with Crippen LogP contribution in [0.5, 0.6) is 0 Å². The zero-order chi connectivity index (χ0) is 14.7. The predicted octanol–water partition coefficient (Wildman–Crippen LogP) is 4.03. The van der Waals surface area contributed by atoms with E-state index in [-0.39, 0.29) is 17.7 Å². The molecule has 108 valence electrons. The number of nitrogens with zero attached hydrogens (tertiary/aromatic N) is 1. The number of rotatable bonds is 3. The van der Waals surface area contributed by atoms with Crippen molar-refractivity contribution in [3.8, 4) is 0 Å². The van der Waals surface area contributed by atoms with Crippen molar-refractivity contribution in [3.63, 3.8) is 0 Å². The fraction of sp³-hybridized carbons (Fsp3) is 0.467. The molecule has 1 aromatic rings. The highest BCUT2D eigenvalue weighted by atomic mass is 127. The molecule has 0 aromatic heterocycles. The second kappa shape index (κ2) is 7.02. The Labute approximate surface area is 141 Å². The van der Waals surface area contributed by atoms with Gasteiger partial charge < -0.3 is 4.90 Å². The fourth-order valence-electron chi connectivity index (χ4n) is 2.63. The Bertz CT molecular complexity index is 533. The smallest absolute Gasteiger partial charge is 0.255 e. The molecule has 0 saturated carbocycles. The van der Waals surface area contributed by atoms with E-state index < -0.39 is 0 Å². The highest BCUT2D eigenvalue weighted by Gasteiger charge is 2.29. The minimum atomic E-state index is 0.0290. The van der Waals surface area contributed by atoms with Crippen LogP contribution in [0.1, 0.15) is 43.0 Å². The molecule has 20 heavy (non-hydrogen) atoms. The number of carbonyl (C=O) groups excluding carboxylic acids is 2. The maximum atomic E-state index is 12.7. The van der Waals surface area contributed by atoms with E-state index in [0.29, 0.717) is 12.0 Å². The van der Waals surface area contributed by atoms with E-state index >= 15 is 0 Å². The van der Waals surface area contributed by atoms with E-state index in [1.165, 1.54) is 0 Å². The number of carbonyl (C=O) groups is 2. The van der Waals surface area contributed by atoms with Crippen LogP contribution < -0.4 is 0 Å². The molecule has 0 spiro atoms. The number of amides is 1. The number of hydrogen-bond acceptors (Lipinski definition) is 2. The van der Waals surface area contributed by atoms with Crippen LogP contribution in [0.4, 0.5) is 0 Å². The van der Waals surface area contributed by atoms with Crippen LogP contribution >= 0.6 is 38.5 Å². The number of ketones is 1. The van der Waals surface area contributed by atoms with E-state index in [1.807, 2.05) is 23.1 Å². The molecule has 1 aliphatic heterocycles. The first-order valence-corrected chi connectivity index (χ1v) is 8.61. The molecule has 0 bridgehead atoms. The van der Waals surface area contributed by atoms with Gasteiger partial charge in [-0.2, -0.15) is 0 Å². The van der Waals surface area contributed by atoms with Gasteiger partial charge >= 0.3 is 0 Å². The van der Waals surface area contributed by atoms with Crippen molar-refractivity contribution in [3.05, 3.63) is 31.8 Å². The second-order valence-electron chi connectivity index (χ2n) is 5.18. The molecule has 3 nitrogen and oxygen atoms in total. The number of hydrogen-bond donors (Lipinski definition) is 0. The molecule has 1 aliphatic rings. The van der Waals surface area contributed by atoms with Crippen molar-refractivity contribution in [1.29, 1.82) is 0 Å². The Morgan fingerprint density at radius 1 is 1.40 bits per heavy atom. The monoisotopic (exact) mass is 449 g/mol. The maximum Gasteiger partial charge on any atom is 0.255 e. The summed E-state index contributed by atoms with van der Waals surface area (Å²) in [5.41, 5.74) is 0.687. The summed E-state index contributed by atoms with van der Waals surface area (Å²) in [7, 11) is 0. The number of Topliss-reactive ketones (excluding diaryl/α,β-unsaturated/α-hetero) is 1. The van der Waals surface area contributed by atoms with Gasteiger partial charge in [-0.15, -0.1) is 0 Å². The van der Waals surface area contributed by atoms with Crippen molar-refractivity contribution in [2.75, 3.05) is 6.54 Å². The van der Waals surface area contributed by atoms with E-state index in [1.54, 1.807) is 6.92 Å². The van der Waals surface area contributed by atoms with Crippen molar-refractivity contribution in [1.82, 2.24) is 4.90 Å². The normalized spacial score (nSPS) is 18.9. The zero-order valence-corrected chi connectivity index (χ0v) is 15.1. The fourth-order valence-corrected chi connectivity index (χ4v) is 3.54. The van der Waals surface area contributed by atoms with Crippen LogP contribution in [0.25, 0.3) is 0 Å². The highest BCUT2D eigenvalue weighted by molar-refractivity contribution is 14.1. The van der Waals surface area contributed by atoms with Crippen molar-refractivity contribution in [2.45, 2.75) is 38.6 Å². The molecule has 0 radical (unpaired) electrons. The van der Waals surface area contributed by atoms with E-state index in [9.17, 15) is 9.59 Å². The molecule has 1 atom stereocenters. The summed E-state index contributed by atoms with van der Waals surface area (Å²) in [5.74, 6) is 0.178. The van der Waals surface area contributed by atoms with Crippen LogP contribution in [0, 0.1) is 3.57 Å². The predicted molar refractivity (Wildman–Crippen MR) is 90.8 cm³/mol. The average molecular weight is 450 g/mol. The summed E-state index contributed by atoms with van der Waals surface area (Å²) < 4.78 is 1.85. The topological polar surface area (TPSA) is 37.4 Å². The number of likely N-dealkylation sites (tertiary alicyclic amines) is 1. The standard InChI is InChI=1S/C15H17BrINO2/c1-10(19)8-12-4-2-3-7-18(12)15(20)13-9-11(17)5-6-14(13)16/h5-6,9,12H,2-4,7-8H2,1H3. The average Bonchev–Trinajstić information content (AvgIpc) is 2.41. The lowest BCUT2D eigenvalue weighted by Gasteiger charge is -2.35. The zero-order valence-electron chi connectivity index (χ0n) is 11.4. The van der Waals surface area contributed by atoms with Crippen LogP contribution in [0.2, 0.25) is 0 Å². The van der Waals surface area contributed by atoms with Gasteiger partial charge in [-0.25, -0.2) is 0 Å². The lowest BCUT2D eigenvalue weighted by Crippen LogP contribution is -2.44. The molecular formula is C15H17BrINO2. The number of benzene rings is 1. The molecule has 5 heteroatoms. The Kier molecular flexibility index (Phi) is 5.60. The van der Waals surface area contributed by atoms with Crippen LogP contribution in [0.15, 0.2) is 22.7 Å². The molecule has 0 aliphatic carbocycles. The van der Waals surface area contributed by atoms with Gasteiger partial charge in [0, 0.05) is 27.1 Å². The maximum absolute atomic E-state index is 12.7. The van der Waals surface area contributed by atoms with Crippen LogP contribution in [-0.4, -0.2) is 29.2 Å². The molecule has 1 aromatic carbocycles. The van der Waals surface area contributed by atoms with Gasteiger partial charge in [-0.05, 0) is 82.9 Å². The van der Waals surface area contributed by atoms with Gasteiger partial charge in [-0.3, -0.25) is 9.59 Å². The third kappa shape index (κ3) is 3.81. The molecule has 0 N–H and O–H groups in total. The van der Waals surface area contributed by atoms with Gasteiger partial charge in [0.1, 0.15) is 5.78 Å². The number of halogens is 2. The van der Waals surface area contributed by atoms with Gasteiger partial charge in [-0.1, -0.05) is 0 Å². The largest absolute Gasteiger partial charge is 0.335 e. The Morgan fingerprint density at radius 3 is 2.85 bits per heavy atom. The SMILES string of the molecule is CC(=O)CC1CCCCN1C(=O)c1cc(I)ccc1Br. The first-order chi connectivity index (χ1) is 9.49. The van der Waals surface area contributed by atoms with E-state index in [4.69, 9.17) is 0 Å². The number of piperidine rings is 1.